The molecule has 4 rings (SSSR count). The Kier molecular flexibility index (Phi) is 3.58. The molecule has 1 fully saturated rings. The van der Waals surface area contributed by atoms with E-state index in [4.69, 9.17) is 9.72 Å². The lowest BCUT2D eigenvalue weighted by atomic mass is 10.2. The van der Waals surface area contributed by atoms with Crippen LogP contribution in [0.1, 0.15) is 29.6 Å². The van der Waals surface area contributed by atoms with E-state index < -0.39 is 0 Å². The van der Waals surface area contributed by atoms with Gasteiger partial charge in [0.2, 0.25) is 0 Å². The summed E-state index contributed by atoms with van der Waals surface area (Å²) in [5.41, 5.74) is 1.08. The first-order valence-electron chi connectivity index (χ1n) is 7.01. The molecule has 0 aromatic carbocycles. The number of thiazole rings is 1. The summed E-state index contributed by atoms with van der Waals surface area (Å²) < 4.78 is 7.85. The van der Waals surface area contributed by atoms with Crippen LogP contribution in [0.2, 0.25) is 0 Å². The second kappa shape index (κ2) is 5.71. The Hall–Kier alpha value is -1.50. The molecule has 0 aliphatic carbocycles. The summed E-state index contributed by atoms with van der Waals surface area (Å²) in [7, 11) is 0. The Bertz CT molecular complexity index is 711. The monoisotopic (exact) mass is 317 g/mol. The van der Waals surface area contributed by atoms with Crippen molar-refractivity contribution in [1.29, 1.82) is 0 Å². The molecule has 4 heterocycles. The molecule has 0 amide bonds. The summed E-state index contributed by atoms with van der Waals surface area (Å²) in [6.45, 7) is 1.63. The minimum atomic E-state index is 0.211. The largest absolute Gasteiger partial charge is 0.371 e. The first-order chi connectivity index (χ1) is 10.4. The van der Waals surface area contributed by atoms with Crippen LogP contribution in [-0.4, -0.2) is 21.1 Å². The number of aromatic nitrogens is 3. The van der Waals surface area contributed by atoms with Crippen LogP contribution in [0.3, 0.4) is 0 Å². The van der Waals surface area contributed by atoms with Gasteiger partial charge in [-0.1, -0.05) is 6.07 Å². The minimum absolute atomic E-state index is 0.211. The molecule has 0 spiro atoms. The van der Waals surface area contributed by atoms with E-state index in [-0.39, 0.29) is 6.10 Å². The van der Waals surface area contributed by atoms with Crippen molar-refractivity contribution in [3.05, 3.63) is 46.0 Å². The predicted molar refractivity (Wildman–Crippen MR) is 84.7 cm³/mol. The summed E-state index contributed by atoms with van der Waals surface area (Å²) in [6, 6.07) is 4.15. The molecule has 0 saturated carbocycles. The Morgan fingerprint density at radius 2 is 2.38 bits per heavy atom. The van der Waals surface area contributed by atoms with Gasteiger partial charge < -0.3 is 9.30 Å². The van der Waals surface area contributed by atoms with Crippen LogP contribution in [0.15, 0.2) is 35.3 Å². The van der Waals surface area contributed by atoms with Gasteiger partial charge in [-0.3, -0.25) is 0 Å². The molecule has 21 heavy (non-hydrogen) atoms. The Balaban J connectivity index is 1.55. The molecule has 1 aliphatic rings. The average molecular weight is 317 g/mol. The molecular weight excluding hydrogens is 302 g/mol. The van der Waals surface area contributed by atoms with Crippen molar-refractivity contribution < 1.29 is 4.74 Å². The molecule has 4 nitrogen and oxygen atoms in total. The molecule has 3 aromatic heterocycles. The fourth-order valence-electron chi connectivity index (χ4n) is 2.56. The van der Waals surface area contributed by atoms with E-state index in [2.05, 4.69) is 32.4 Å². The van der Waals surface area contributed by atoms with Crippen LogP contribution >= 0.6 is 22.7 Å². The second-order valence-electron chi connectivity index (χ2n) is 5.03. The van der Waals surface area contributed by atoms with E-state index in [0.29, 0.717) is 0 Å². The molecule has 1 aliphatic heterocycles. The number of hydrogen-bond acceptors (Lipinski definition) is 5. The third-order valence-corrected chi connectivity index (χ3v) is 5.42. The van der Waals surface area contributed by atoms with Gasteiger partial charge in [-0.25, -0.2) is 9.97 Å². The molecule has 1 saturated heterocycles. The Morgan fingerprint density at radius 1 is 1.38 bits per heavy atom. The van der Waals surface area contributed by atoms with Crippen molar-refractivity contribution >= 4 is 22.7 Å². The van der Waals surface area contributed by atoms with E-state index in [1.54, 1.807) is 22.7 Å². The van der Waals surface area contributed by atoms with Gasteiger partial charge in [-0.2, -0.15) is 0 Å². The highest BCUT2D eigenvalue weighted by Gasteiger charge is 2.21. The normalized spacial score (nSPS) is 18.4. The number of nitrogens with zero attached hydrogens (tertiary/aromatic N) is 3. The van der Waals surface area contributed by atoms with Crippen LogP contribution < -0.4 is 0 Å². The summed E-state index contributed by atoms with van der Waals surface area (Å²) in [5.74, 6) is 1.01. The zero-order valence-corrected chi connectivity index (χ0v) is 13.1. The van der Waals surface area contributed by atoms with Gasteiger partial charge in [0.25, 0.3) is 0 Å². The highest BCUT2D eigenvalue weighted by Crippen LogP contribution is 2.31. The molecule has 0 radical (unpaired) electrons. The van der Waals surface area contributed by atoms with Crippen LogP contribution in [-0.2, 0) is 11.3 Å². The van der Waals surface area contributed by atoms with Gasteiger partial charge in [0.05, 0.1) is 17.1 Å². The highest BCUT2D eigenvalue weighted by atomic mass is 32.1. The number of imidazole rings is 1. The Morgan fingerprint density at radius 3 is 3.19 bits per heavy atom. The van der Waals surface area contributed by atoms with Crippen molar-refractivity contribution in [3.63, 3.8) is 0 Å². The van der Waals surface area contributed by atoms with Crippen molar-refractivity contribution in [2.75, 3.05) is 6.61 Å². The standard InChI is InChI=1S/C15H15N3OS2/c1-3-12(19-7-1)15-17-11(10-21-15)9-18-6-5-16-14(18)13-4-2-8-20-13/h2,4-6,8,10,12H,1,3,7,9H2/t12-/m0/s1. The van der Waals surface area contributed by atoms with Crippen LogP contribution in [0.4, 0.5) is 0 Å². The van der Waals surface area contributed by atoms with Crippen molar-refractivity contribution in [3.8, 4) is 10.7 Å². The third kappa shape index (κ3) is 2.66. The molecule has 0 N–H and O–H groups in total. The number of ether oxygens (including phenoxy) is 1. The molecule has 0 bridgehead atoms. The van der Waals surface area contributed by atoms with Gasteiger partial charge in [0.15, 0.2) is 0 Å². The first kappa shape index (κ1) is 13.2. The van der Waals surface area contributed by atoms with E-state index in [1.165, 1.54) is 4.88 Å². The molecular formula is C15H15N3OS2. The van der Waals surface area contributed by atoms with Gasteiger partial charge in [0, 0.05) is 24.4 Å². The van der Waals surface area contributed by atoms with E-state index in [9.17, 15) is 0 Å². The molecule has 0 unspecified atom stereocenters. The fourth-order valence-corrected chi connectivity index (χ4v) is 4.19. The second-order valence-corrected chi connectivity index (χ2v) is 6.87. The number of thiophene rings is 1. The number of rotatable bonds is 4. The van der Waals surface area contributed by atoms with Gasteiger partial charge in [-0.05, 0) is 24.3 Å². The zero-order chi connectivity index (χ0) is 14.1. The van der Waals surface area contributed by atoms with Crippen LogP contribution in [0.25, 0.3) is 10.7 Å². The highest BCUT2D eigenvalue weighted by molar-refractivity contribution is 7.13. The Labute approximate surface area is 131 Å². The zero-order valence-electron chi connectivity index (χ0n) is 11.4. The number of hydrogen-bond donors (Lipinski definition) is 0. The third-order valence-electron chi connectivity index (χ3n) is 3.56. The summed E-state index contributed by atoms with van der Waals surface area (Å²) >= 11 is 3.41. The van der Waals surface area contributed by atoms with Crippen LogP contribution in [0.5, 0.6) is 0 Å². The van der Waals surface area contributed by atoms with Gasteiger partial charge in [0.1, 0.15) is 16.9 Å². The molecule has 1 atom stereocenters. The average Bonchev–Trinajstić information content (AvgIpc) is 3.28. The quantitative estimate of drug-likeness (QED) is 0.731. The molecule has 6 heteroatoms. The lowest BCUT2D eigenvalue weighted by molar-refractivity contribution is 0.111. The molecule has 3 aromatic rings. The van der Waals surface area contributed by atoms with Gasteiger partial charge >= 0.3 is 0 Å². The van der Waals surface area contributed by atoms with Gasteiger partial charge in [-0.15, -0.1) is 22.7 Å². The summed E-state index contributed by atoms with van der Waals surface area (Å²) in [6.07, 6.45) is 6.31. The van der Waals surface area contributed by atoms with E-state index >= 15 is 0 Å². The SMILES string of the molecule is c1csc(-c2nccn2Cc2csc([C@@H]3CCCO3)n2)c1. The predicted octanol–water partition coefficient (Wildman–Crippen LogP) is 3.97. The van der Waals surface area contributed by atoms with Crippen molar-refractivity contribution in [1.82, 2.24) is 14.5 Å². The topological polar surface area (TPSA) is 39.9 Å². The maximum absolute atomic E-state index is 5.70. The maximum Gasteiger partial charge on any atom is 0.150 e. The van der Waals surface area contributed by atoms with Crippen molar-refractivity contribution in [2.45, 2.75) is 25.5 Å². The first-order valence-corrected chi connectivity index (χ1v) is 8.77. The minimum Gasteiger partial charge on any atom is -0.371 e. The lowest BCUT2D eigenvalue weighted by Crippen LogP contribution is -2.02. The summed E-state index contributed by atoms with van der Waals surface area (Å²) in [4.78, 5) is 10.4. The smallest absolute Gasteiger partial charge is 0.150 e. The fraction of sp³-hybridized carbons (Fsp3) is 0.333. The van der Waals surface area contributed by atoms with E-state index in [0.717, 1.165) is 42.5 Å². The summed E-state index contributed by atoms with van der Waals surface area (Å²) in [5, 5.41) is 5.32. The molecule has 108 valence electrons. The lowest BCUT2D eigenvalue weighted by Gasteiger charge is -2.05. The van der Waals surface area contributed by atoms with Crippen LogP contribution in [0, 0.1) is 0 Å². The van der Waals surface area contributed by atoms with E-state index in [1.807, 2.05) is 12.4 Å². The maximum atomic E-state index is 5.70. The van der Waals surface area contributed by atoms with Crippen molar-refractivity contribution in [2.24, 2.45) is 0 Å².